The normalized spacial score (nSPS) is 15.1. The van der Waals surface area contributed by atoms with Crippen LogP contribution < -0.4 is 10.6 Å². The van der Waals surface area contributed by atoms with Gasteiger partial charge in [0.2, 0.25) is 5.91 Å². The fourth-order valence-electron chi connectivity index (χ4n) is 1.56. The lowest BCUT2D eigenvalue weighted by Crippen LogP contribution is -2.51. The Morgan fingerprint density at radius 3 is 2.94 bits per heavy atom. The molecule has 2 heterocycles. The van der Waals surface area contributed by atoms with Crippen LogP contribution in [0.2, 0.25) is 0 Å². The van der Waals surface area contributed by atoms with Crippen molar-refractivity contribution in [1.82, 2.24) is 10.2 Å². The fraction of sp³-hybridized carbons (Fsp3) is 0.300. The molecule has 1 aliphatic heterocycles. The van der Waals surface area contributed by atoms with Gasteiger partial charge in [-0.05, 0) is 11.4 Å². The molecule has 1 aliphatic rings. The number of nitrogens with zero attached hydrogens (tertiary/aromatic N) is 1. The number of carbonyl (C=O) groups excluding carboxylic acids is 2. The standard InChI is InChI=1S/C10H11N3O4S/c14-7-5-13(3-2-11-7)10(17)12-8-6(9(15)16)1-4-18-8/h1,4H,2-3,5H2,(H,11,14)(H,12,17)(H,15,16). The molecule has 0 radical (unpaired) electrons. The molecule has 0 unspecified atom stereocenters. The van der Waals surface area contributed by atoms with Crippen LogP contribution in [0.5, 0.6) is 0 Å². The van der Waals surface area contributed by atoms with Crippen LogP contribution in [0.3, 0.4) is 0 Å². The van der Waals surface area contributed by atoms with Crippen molar-refractivity contribution < 1.29 is 19.5 Å². The Bertz CT molecular complexity index is 499. The summed E-state index contributed by atoms with van der Waals surface area (Å²) >= 11 is 1.13. The van der Waals surface area contributed by atoms with Crippen molar-refractivity contribution in [3.8, 4) is 0 Å². The third-order valence-corrected chi connectivity index (χ3v) is 3.27. The third kappa shape index (κ3) is 2.59. The zero-order valence-corrected chi connectivity index (χ0v) is 10.1. The second-order valence-corrected chi connectivity index (χ2v) is 4.59. The molecule has 3 N–H and O–H groups in total. The van der Waals surface area contributed by atoms with Crippen LogP contribution in [-0.2, 0) is 4.79 Å². The molecule has 0 saturated carbocycles. The first-order valence-corrected chi connectivity index (χ1v) is 6.09. The van der Waals surface area contributed by atoms with E-state index in [1.165, 1.54) is 11.0 Å². The number of amides is 3. The van der Waals surface area contributed by atoms with Crippen molar-refractivity contribution in [1.29, 1.82) is 0 Å². The molecule has 96 valence electrons. The summed E-state index contributed by atoms with van der Waals surface area (Å²) in [5.41, 5.74) is 0.0508. The van der Waals surface area contributed by atoms with E-state index in [4.69, 9.17) is 5.11 Å². The summed E-state index contributed by atoms with van der Waals surface area (Å²) in [5, 5.41) is 15.9. The van der Waals surface area contributed by atoms with Gasteiger partial charge in [-0.25, -0.2) is 9.59 Å². The zero-order valence-electron chi connectivity index (χ0n) is 9.30. The first-order chi connectivity index (χ1) is 8.58. The maximum absolute atomic E-state index is 11.8. The molecule has 1 aromatic heterocycles. The number of piperazine rings is 1. The molecular formula is C10H11N3O4S. The largest absolute Gasteiger partial charge is 0.478 e. The maximum atomic E-state index is 11.8. The number of rotatable bonds is 2. The lowest BCUT2D eigenvalue weighted by molar-refractivity contribution is -0.123. The summed E-state index contributed by atoms with van der Waals surface area (Å²) in [6.07, 6.45) is 0. The molecule has 0 bridgehead atoms. The molecule has 1 aromatic rings. The zero-order chi connectivity index (χ0) is 13.1. The van der Waals surface area contributed by atoms with Gasteiger partial charge in [0.05, 0.1) is 5.56 Å². The van der Waals surface area contributed by atoms with E-state index in [0.717, 1.165) is 11.3 Å². The summed E-state index contributed by atoms with van der Waals surface area (Å²) in [4.78, 5) is 35.2. The van der Waals surface area contributed by atoms with E-state index in [-0.39, 0.29) is 23.0 Å². The van der Waals surface area contributed by atoms with Crippen LogP contribution in [0.1, 0.15) is 10.4 Å². The van der Waals surface area contributed by atoms with E-state index >= 15 is 0 Å². The number of aromatic carboxylic acids is 1. The molecular weight excluding hydrogens is 258 g/mol. The Morgan fingerprint density at radius 1 is 1.50 bits per heavy atom. The van der Waals surface area contributed by atoms with Crippen LogP contribution >= 0.6 is 11.3 Å². The lowest BCUT2D eigenvalue weighted by Gasteiger charge is -2.26. The summed E-state index contributed by atoms with van der Waals surface area (Å²) in [6, 6.07) is 0.959. The minimum Gasteiger partial charge on any atom is -0.478 e. The van der Waals surface area contributed by atoms with Gasteiger partial charge < -0.3 is 15.3 Å². The van der Waals surface area contributed by atoms with Gasteiger partial charge in [-0.15, -0.1) is 11.3 Å². The Labute approximate surface area is 106 Å². The highest BCUT2D eigenvalue weighted by Gasteiger charge is 2.22. The van der Waals surface area contributed by atoms with Crippen LogP contribution in [0.25, 0.3) is 0 Å². The van der Waals surface area contributed by atoms with E-state index in [1.54, 1.807) is 5.38 Å². The van der Waals surface area contributed by atoms with Crippen molar-refractivity contribution >= 4 is 34.2 Å². The number of nitrogens with one attached hydrogen (secondary N) is 2. The van der Waals surface area contributed by atoms with Crippen molar-refractivity contribution in [2.24, 2.45) is 0 Å². The van der Waals surface area contributed by atoms with Gasteiger partial charge in [-0.2, -0.15) is 0 Å². The number of carboxylic acid groups (broad SMARTS) is 1. The van der Waals surface area contributed by atoms with Crippen molar-refractivity contribution in [3.05, 3.63) is 17.0 Å². The highest BCUT2D eigenvalue weighted by molar-refractivity contribution is 7.14. The number of carboxylic acids is 1. The Kier molecular flexibility index (Phi) is 3.47. The monoisotopic (exact) mass is 269 g/mol. The van der Waals surface area contributed by atoms with Gasteiger partial charge in [0.1, 0.15) is 11.5 Å². The molecule has 0 aliphatic carbocycles. The van der Waals surface area contributed by atoms with E-state index < -0.39 is 12.0 Å². The van der Waals surface area contributed by atoms with Gasteiger partial charge in [0.25, 0.3) is 0 Å². The number of thiophene rings is 1. The molecule has 0 spiro atoms. The van der Waals surface area contributed by atoms with Gasteiger partial charge in [-0.1, -0.05) is 0 Å². The van der Waals surface area contributed by atoms with E-state index in [1.807, 2.05) is 0 Å². The van der Waals surface area contributed by atoms with Crippen molar-refractivity contribution in [2.45, 2.75) is 0 Å². The van der Waals surface area contributed by atoms with Crippen LogP contribution in [0.4, 0.5) is 9.80 Å². The minimum atomic E-state index is -1.09. The molecule has 8 heteroatoms. The van der Waals surface area contributed by atoms with E-state index in [2.05, 4.69) is 10.6 Å². The van der Waals surface area contributed by atoms with Gasteiger partial charge in [0.15, 0.2) is 0 Å². The minimum absolute atomic E-state index is 0.0143. The van der Waals surface area contributed by atoms with Gasteiger partial charge in [0, 0.05) is 13.1 Å². The first-order valence-electron chi connectivity index (χ1n) is 5.21. The fourth-order valence-corrected chi connectivity index (χ4v) is 2.33. The number of carbonyl (C=O) groups is 3. The van der Waals surface area contributed by atoms with E-state index in [9.17, 15) is 14.4 Å². The van der Waals surface area contributed by atoms with Crippen molar-refractivity contribution in [3.63, 3.8) is 0 Å². The van der Waals surface area contributed by atoms with Crippen LogP contribution in [-0.4, -0.2) is 47.5 Å². The smallest absolute Gasteiger partial charge is 0.338 e. The summed E-state index contributed by atoms with van der Waals surface area (Å²) in [6.45, 7) is 0.799. The molecule has 0 aromatic carbocycles. The highest BCUT2D eigenvalue weighted by atomic mass is 32.1. The maximum Gasteiger partial charge on any atom is 0.338 e. The molecule has 1 saturated heterocycles. The Morgan fingerprint density at radius 2 is 2.28 bits per heavy atom. The summed E-state index contributed by atoms with van der Waals surface area (Å²) in [7, 11) is 0. The molecule has 18 heavy (non-hydrogen) atoms. The average molecular weight is 269 g/mol. The second-order valence-electron chi connectivity index (χ2n) is 3.67. The molecule has 2 rings (SSSR count). The predicted octanol–water partition coefficient (Wildman–Crippen LogP) is 0.410. The van der Waals surface area contributed by atoms with E-state index in [0.29, 0.717) is 13.1 Å². The van der Waals surface area contributed by atoms with Crippen molar-refractivity contribution in [2.75, 3.05) is 25.0 Å². The summed E-state index contributed by atoms with van der Waals surface area (Å²) < 4.78 is 0. The average Bonchev–Trinajstić information content (AvgIpc) is 2.77. The quantitative estimate of drug-likeness (QED) is 0.724. The van der Waals surface area contributed by atoms with Crippen LogP contribution in [0.15, 0.2) is 11.4 Å². The number of hydrogen-bond acceptors (Lipinski definition) is 4. The van der Waals surface area contributed by atoms with Gasteiger partial charge in [-0.3, -0.25) is 10.1 Å². The third-order valence-electron chi connectivity index (χ3n) is 2.44. The number of urea groups is 1. The van der Waals surface area contributed by atoms with Crippen LogP contribution in [0, 0.1) is 0 Å². The predicted molar refractivity (Wildman–Crippen MR) is 64.9 cm³/mol. The van der Waals surface area contributed by atoms with Gasteiger partial charge >= 0.3 is 12.0 Å². The molecule has 7 nitrogen and oxygen atoms in total. The lowest BCUT2D eigenvalue weighted by atomic mass is 10.3. The molecule has 3 amide bonds. The Balaban J connectivity index is 2.04. The molecule has 1 fully saturated rings. The number of hydrogen-bond donors (Lipinski definition) is 3. The summed E-state index contributed by atoms with van der Waals surface area (Å²) in [5.74, 6) is -1.32. The molecule has 0 atom stereocenters. The SMILES string of the molecule is O=C1CN(C(=O)Nc2sccc2C(=O)O)CCN1. The topological polar surface area (TPSA) is 98.7 Å². The second kappa shape index (κ2) is 5.05. The first kappa shape index (κ1) is 12.4. The highest BCUT2D eigenvalue weighted by Crippen LogP contribution is 2.23. The Hall–Kier alpha value is -2.09. The number of anilines is 1.